The largest absolute Gasteiger partial charge is 0.270 e. The molecule has 0 radical (unpaired) electrons. The molecule has 1 atom stereocenters. The summed E-state index contributed by atoms with van der Waals surface area (Å²) in [7, 11) is -3.67. The number of sulfonamides is 1. The van der Waals surface area contributed by atoms with Crippen molar-refractivity contribution >= 4 is 21.8 Å². The van der Waals surface area contributed by atoms with Crippen molar-refractivity contribution in [3.8, 4) is 0 Å². The van der Waals surface area contributed by atoms with Crippen LogP contribution in [0.5, 0.6) is 0 Å². The Morgan fingerprint density at radius 1 is 0.963 bits per heavy atom. The highest BCUT2D eigenvalue weighted by Crippen LogP contribution is 2.31. The molecule has 4 rings (SSSR count). The van der Waals surface area contributed by atoms with E-state index in [-0.39, 0.29) is 29.8 Å². The fourth-order valence-electron chi connectivity index (χ4n) is 3.80. The molecule has 0 saturated carbocycles. The van der Waals surface area contributed by atoms with Crippen molar-refractivity contribution in [3.05, 3.63) is 64.7 Å². The third-order valence-corrected chi connectivity index (χ3v) is 7.29. The summed E-state index contributed by atoms with van der Waals surface area (Å²) in [6.45, 7) is 4.03. The molecule has 2 amide bonds. The van der Waals surface area contributed by atoms with E-state index in [2.05, 4.69) is 0 Å². The Kier molecular flexibility index (Phi) is 4.16. The number of carbonyl (C=O) groups excluding carboxylic acids is 2. The van der Waals surface area contributed by atoms with Crippen molar-refractivity contribution < 1.29 is 18.0 Å². The Hall–Kier alpha value is -2.51. The third-order valence-electron chi connectivity index (χ3n) is 5.28. The number of fused-ring (bicyclic) bond motifs is 1. The van der Waals surface area contributed by atoms with Crippen molar-refractivity contribution in [2.24, 2.45) is 0 Å². The molecule has 2 heterocycles. The summed E-state index contributed by atoms with van der Waals surface area (Å²) in [5.74, 6) is -0.682. The molecule has 0 bridgehead atoms. The lowest BCUT2D eigenvalue weighted by molar-refractivity contribution is 0.0593. The molecule has 140 valence electrons. The zero-order chi connectivity index (χ0) is 19.3. The lowest BCUT2D eigenvalue weighted by atomic mass is 10.1. The van der Waals surface area contributed by atoms with Gasteiger partial charge in [0.15, 0.2) is 0 Å². The zero-order valence-corrected chi connectivity index (χ0v) is 16.0. The molecule has 0 aromatic heterocycles. The quantitative estimate of drug-likeness (QED) is 0.762. The SMILES string of the molecule is Cc1ccc(C)c(S(=O)(=O)N2CCC(N3C(=O)c4ccccc4C3=O)C2)c1. The second-order valence-electron chi connectivity index (χ2n) is 7.10. The van der Waals surface area contributed by atoms with Gasteiger partial charge < -0.3 is 0 Å². The molecule has 7 heteroatoms. The predicted octanol–water partition coefficient (Wildman–Crippen LogP) is 2.36. The number of nitrogens with zero attached hydrogens (tertiary/aromatic N) is 2. The van der Waals surface area contributed by atoms with Crippen LogP contribution in [0.2, 0.25) is 0 Å². The van der Waals surface area contributed by atoms with Crippen molar-refractivity contribution in [1.29, 1.82) is 0 Å². The summed E-state index contributed by atoms with van der Waals surface area (Å²) in [5.41, 5.74) is 2.33. The molecule has 2 aliphatic rings. The molecular formula is C20H20N2O4S. The molecule has 0 aliphatic carbocycles. The van der Waals surface area contributed by atoms with E-state index in [1.807, 2.05) is 13.0 Å². The number of rotatable bonds is 3. The summed E-state index contributed by atoms with van der Waals surface area (Å²) in [6, 6.07) is 11.6. The normalized spacial score (nSPS) is 20.4. The second kappa shape index (κ2) is 6.28. The number of imide groups is 1. The highest BCUT2D eigenvalue weighted by Gasteiger charge is 2.44. The molecular weight excluding hydrogens is 364 g/mol. The van der Waals surface area contributed by atoms with Crippen molar-refractivity contribution in [1.82, 2.24) is 9.21 Å². The fourth-order valence-corrected chi connectivity index (χ4v) is 5.61. The van der Waals surface area contributed by atoms with Gasteiger partial charge in [-0.3, -0.25) is 14.5 Å². The van der Waals surface area contributed by atoms with Gasteiger partial charge in [-0.25, -0.2) is 8.42 Å². The number of hydrogen-bond donors (Lipinski definition) is 0. The third kappa shape index (κ3) is 2.78. The van der Waals surface area contributed by atoms with E-state index in [0.29, 0.717) is 23.1 Å². The average molecular weight is 384 g/mol. The van der Waals surface area contributed by atoms with Crippen LogP contribution in [0.3, 0.4) is 0 Å². The van der Waals surface area contributed by atoms with Crippen LogP contribution in [-0.4, -0.2) is 48.6 Å². The van der Waals surface area contributed by atoms with E-state index >= 15 is 0 Å². The first kappa shape index (κ1) is 17.9. The van der Waals surface area contributed by atoms with Gasteiger partial charge in [-0.15, -0.1) is 0 Å². The Labute approximate surface area is 158 Å². The summed E-state index contributed by atoms with van der Waals surface area (Å²) < 4.78 is 27.6. The molecule has 6 nitrogen and oxygen atoms in total. The highest BCUT2D eigenvalue weighted by molar-refractivity contribution is 7.89. The van der Waals surface area contributed by atoms with Crippen molar-refractivity contribution in [2.75, 3.05) is 13.1 Å². The smallest absolute Gasteiger partial charge is 0.261 e. The average Bonchev–Trinajstić information content (AvgIpc) is 3.22. The van der Waals surface area contributed by atoms with E-state index in [1.165, 1.54) is 9.21 Å². The number of hydrogen-bond acceptors (Lipinski definition) is 4. The summed E-state index contributed by atoms with van der Waals surface area (Å²) >= 11 is 0. The first-order chi connectivity index (χ1) is 12.8. The first-order valence-corrected chi connectivity index (χ1v) is 10.3. The lowest BCUT2D eigenvalue weighted by Gasteiger charge is -2.23. The molecule has 27 heavy (non-hydrogen) atoms. The Morgan fingerprint density at radius 3 is 2.22 bits per heavy atom. The van der Waals surface area contributed by atoms with Crippen LogP contribution in [-0.2, 0) is 10.0 Å². The van der Waals surface area contributed by atoms with E-state index in [9.17, 15) is 18.0 Å². The maximum Gasteiger partial charge on any atom is 0.261 e. The van der Waals surface area contributed by atoms with Gasteiger partial charge in [0.2, 0.25) is 10.0 Å². The molecule has 1 fully saturated rings. The van der Waals surface area contributed by atoms with Crippen LogP contribution in [0.1, 0.15) is 38.3 Å². The van der Waals surface area contributed by atoms with Gasteiger partial charge >= 0.3 is 0 Å². The standard InChI is InChI=1S/C20H20N2O4S/c1-13-7-8-14(2)18(11-13)27(25,26)21-10-9-15(12-21)22-19(23)16-5-3-4-6-17(16)20(22)24/h3-8,11,15H,9-10,12H2,1-2H3. The topological polar surface area (TPSA) is 74.8 Å². The number of amides is 2. The molecule has 2 aromatic carbocycles. The van der Waals surface area contributed by atoms with Gasteiger partial charge in [-0.1, -0.05) is 24.3 Å². The van der Waals surface area contributed by atoms with Crippen LogP contribution < -0.4 is 0 Å². The van der Waals surface area contributed by atoms with Gasteiger partial charge in [-0.05, 0) is 49.6 Å². The van der Waals surface area contributed by atoms with Crippen molar-refractivity contribution in [2.45, 2.75) is 31.2 Å². The maximum absolute atomic E-state index is 13.1. The fraction of sp³-hybridized carbons (Fsp3) is 0.300. The maximum atomic E-state index is 13.1. The van der Waals surface area contributed by atoms with Gasteiger partial charge in [0, 0.05) is 13.1 Å². The van der Waals surface area contributed by atoms with Gasteiger partial charge in [0.1, 0.15) is 0 Å². The second-order valence-corrected chi connectivity index (χ2v) is 9.01. The summed E-state index contributed by atoms with van der Waals surface area (Å²) in [6.07, 6.45) is 0.440. The van der Waals surface area contributed by atoms with Crippen LogP contribution >= 0.6 is 0 Å². The van der Waals surface area contributed by atoms with Crippen LogP contribution in [0.15, 0.2) is 47.4 Å². The van der Waals surface area contributed by atoms with E-state index in [0.717, 1.165) is 5.56 Å². The van der Waals surface area contributed by atoms with Crippen LogP contribution in [0.25, 0.3) is 0 Å². The molecule has 2 aromatic rings. The molecule has 0 N–H and O–H groups in total. The summed E-state index contributed by atoms with van der Waals surface area (Å²) in [5, 5.41) is 0. The molecule has 1 unspecified atom stereocenters. The Bertz CT molecular complexity index is 1030. The number of carbonyl (C=O) groups is 2. The van der Waals surface area contributed by atoms with Gasteiger partial charge in [0.25, 0.3) is 11.8 Å². The minimum absolute atomic E-state index is 0.126. The van der Waals surface area contributed by atoms with Gasteiger partial charge in [-0.2, -0.15) is 4.31 Å². The van der Waals surface area contributed by atoms with Gasteiger partial charge in [0.05, 0.1) is 22.1 Å². The zero-order valence-electron chi connectivity index (χ0n) is 15.2. The molecule has 1 saturated heterocycles. The molecule has 2 aliphatic heterocycles. The van der Waals surface area contributed by atoms with Crippen LogP contribution in [0, 0.1) is 13.8 Å². The molecule has 0 spiro atoms. The highest BCUT2D eigenvalue weighted by atomic mass is 32.2. The lowest BCUT2D eigenvalue weighted by Crippen LogP contribution is -2.42. The van der Waals surface area contributed by atoms with Crippen LogP contribution in [0.4, 0.5) is 0 Å². The predicted molar refractivity (Wildman–Crippen MR) is 100 cm³/mol. The minimum Gasteiger partial charge on any atom is -0.270 e. The van der Waals surface area contributed by atoms with E-state index < -0.39 is 16.1 Å². The number of aryl methyl sites for hydroxylation is 2. The monoisotopic (exact) mass is 384 g/mol. The summed E-state index contributed by atoms with van der Waals surface area (Å²) in [4.78, 5) is 26.8. The minimum atomic E-state index is -3.67. The van der Waals surface area contributed by atoms with Crippen molar-refractivity contribution in [3.63, 3.8) is 0 Å². The van der Waals surface area contributed by atoms with E-state index in [4.69, 9.17) is 0 Å². The Balaban J connectivity index is 1.60. The Morgan fingerprint density at radius 2 is 1.59 bits per heavy atom. The first-order valence-electron chi connectivity index (χ1n) is 8.85. The number of benzene rings is 2. The van der Waals surface area contributed by atoms with E-state index in [1.54, 1.807) is 43.3 Å².